The summed E-state index contributed by atoms with van der Waals surface area (Å²) in [6, 6.07) is 6.91. The average molecular weight is 377 g/mol. The zero-order chi connectivity index (χ0) is 17.4. The molecule has 4 rings (SSSR count). The number of carbonyl (C=O) groups is 1. The molecular formula is C18H20N2O3S2. The van der Waals surface area contributed by atoms with Gasteiger partial charge in [-0.3, -0.25) is 4.79 Å². The quantitative estimate of drug-likeness (QED) is 0.820. The Morgan fingerprint density at radius 1 is 1.16 bits per heavy atom. The SMILES string of the molecule is O=C1c2ccccc2CS(=O)(=O)N1Cc1csc(C2CCCCC2)n1. The molecule has 1 fully saturated rings. The van der Waals surface area contributed by atoms with Crippen molar-refractivity contribution < 1.29 is 13.2 Å². The first kappa shape index (κ1) is 16.7. The number of sulfonamides is 1. The number of hydrogen-bond donors (Lipinski definition) is 0. The fourth-order valence-corrected chi connectivity index (χ4v) is 6.10. The van der Waals surface area contributed by atoms with Gasteiger partial charge in [0.05, 0.1) is 23.0 Å². The second kappa shape index (κ2) is 6.53. The standard InChI is InChI=1S/C18H20N2O3S2/c21-18-16-9-5-4-8-14(16)12-25(22,23)20(18)10-15-11-24-17(19-15)13-6-2-1-3-7-13/h4-5,8-9,11,13H,1-3,6-7,10,12H2. The molecule has 1 aromatic carbocycles. The molecule has 1 saturated carbocycles. The lowest BCUT2D eigenvalue weighted by atomic mass is 9.90. The number of benzene rings is 1. The third kappa shape index (κ3) is 3.22. The number of fused-ring (bicyclic) bond motifs is 1. The van der Waals surface area contributed by atoms with Gasteiger partial charge in [-0.1, -0.05) is 37.5 Å². The molecule has 2 heterocycles. The Labute approximate surface area is 151 Å². The van der Waals surface area contributed by atoms with Crippen LogP contribution >= 0.6 is 11.3 Å². The lowest BCUT2D eigenvalue weighted by Crippen LogP contribution is -2.41. The van der Waals surface area contributed by atoms with E-state index in [9.17, 15) is 13.2 Å². The number of amides is 1. The van der Waals surface area contributed by atoms with Crippen molar-refractivity contribution in [1.29, 1.82) is 0 Å². The van der Waals surface area contributed by atoms with Crippen LogP contribution in [0.4, 0.5) is 0 Å². The molecule has 1 amide bonds. The molecule has 0 spiro atoms. The number of aromatic nitrogens is 1. The van der Waals surface area contributed by atoms with Crippen molar-refractivity contribution in [2.45, 2.75) is 50.3 Å². The van der Waals surface area contributed by atoms with Gasteiger partial charge in [0.2, 0.25) is 10.0 Å². The van der Waals surface area contributed by atoms with Gasteiger partial charge in [-0.25, -0.2) is 17.7 Å². The number of carbonyl (C=O) groups excluding carboxylic acids is 1. The van der Waals surface area contributed by atoms with Crippen LogP contribution in [0.15, 0.2) is 29.6 Å². The van der Waals surface area contributed by atoms with Crippen LogP contribution in [0.2, 0.25) is 0 Å². The molecule has 0 N–H and O–H groups in total. The minimum Gasteiger partial charge on any atom is -0.268 e. The van der Waals surface area contributed by atoms with Gasteiger partial charge in [-0.15, -0.1) is 11.3 Å². The predicted octanol–water partition coefficient (Wildman–Crippen LogP) is 3.68. The van der Waals surface area contributed by atoms with Crippen LogP contribution in [0.1, 0.15) is 64.6 Å². The normalized spacial score (nSPS) is 20.5. The molecule has 2 aromatic rings. The van der Waals surface area contributed by atoms with Gasteiger partial charge in [-0.05, 0) is 24.5 Å². The molecule has 1 aromatic heterocycles. The molecule has 0 radical (unpaired) electrons. The number of thiazole rings is 1. The van der Waals surface area contributed by atoms with Crippen LogP contribution in [0, 0.1) is 0 Å². The maximum Gasteiger partial charge on any atom is 0.268 e. The first-order chi connectivity index (χ1) is 12.0. The molecular weight excluding hydrogens is 356 g/mol. The molecule has 5 nitrogen and oxygen atoms in total. The first-order valence-corrected chi connectivity index (χ1v) is 11.1. The molecule has 25 heavy (non-hydrogen) atoms. The molecule has 1 aliphatic heterocycles. The van der Waals surface area contributed by atoms with Gasteiger partial charge in [0.1, 0.15) is 0 Å². The largest absolute Gasteiger partial charge is 0.268 e. The van der Waals surface area contributed by atoms with E-state index in [0.29, 0.717) is 22.7 Å². The molecule has 2 aliphatic rings. The van der Waals surface area contributed by atoms with Gasteiger partial charge >= 0.3 is 0 Å². The summed E-state index contributed by atoms with van der Waals surface area (Å²) in [5, 5.41) is 2.98. The first-order valence-electron chi connectivity index (χ1n) is 8.61. The van der Waals surface area contributed by atoms with E-state index >= 15 is 0 Å². The molecule has 0 saturated heterocycles. The van der Waals surface area contributed by atoms with Gasteiger partial charge in [0.15, 0.2) is 0 Å². The van der Waals surface area contributed by atoms with Crippen LogP contribution < -0.4 is 0 Å². The summed E-state index contributed by atoms with van der Waals surface area (Å²) in [6.45, 7) is 0.0265. The predicted molar refractivity (Wildman–Crippen MR) is 96.9 cm³/mol. The molecule has 1 aliphatic carbocycles. The van der Waals surface area contributed by atoms with Gasteiger partial charge in [0.25, 0.3) is 5.91 Å². The summed E-state index contributed by atoms with van der Waals surface area (Å²) in [7, 11) is -3.65. The third-order valence-electron chi connectivity index (χ3n) is 4.98. The molecule has 132 valence electrons. The maximum atomic E-state index is 12.7. The topological polar surface area (TPSA) is 67.3 Å². The van der Waals surface area contributed by atoms with Crippen LogP contribution in [-0.4, -0.2) is 23.6 Å². The highest BCUT2D eigenvalue weighted by Gasteiger charge is 2.36. The summed E-state index contributed by atoms with van der Waals surface area (Å²) in [6.07, 6.45) is 6.06. The van der Waals surface area contributed by atoms with Crippen LogP contribution in [0.5, 0.6) is 0 Å². The van der Waals surface area contributed by atoms with Crippen LogP contribution in [0.3, 0.4) is 0 Å². The second-order valence-electron chi connectivity index (χ2n) is 6.74. The van der Waals surface area contributed by atoms with Crippen molar-refractivity contribution in [3.8, 4) is 0 Å². The van der Waals surface area contributed by atoms with E-state index in [1.165, 1.54) is 19.3 Å². The fraction of sp³-hybridized carbons (Fsp3) is 0.444. The summed E-state index contributed by atoms with van der Waals surface area (Å²) in [4.78, 5) is 17.3. The minimum absolute atomic E-state index is 0.0265. The summed E-state index contributed by atoms with van der Waals surface area (Å²) in [5.41, 5.74) is 1.71. The van der Waals surface area contributed by atoms with Crippen molar-refractivity contribution in [1.82, 2.24) is 9.29 Å². The van der Waals surface area contributed by atoms with Crippen LogP contribution in [-0.2, 0) is 22.3 Å². The zero-order valence-electron chi connectivity index (χ0n) is 13.8. The molecule has 0 atom stereocenters. The minimum atomic E-state index is -3.65. The molecule has 7 heteroatoms. The van der Waals surface area contributed by atoms with Gasteiger partial charge in [-0.2, -0.15) is 0 Å². The lowest BCUT2D eigenvalue weighted by Gasteiger charge is -2.27. The van der Waals surface area contributed by atoms with E-state index in [2.05, 4.69) is 4.98 Å². The smallest absolute Gasteiger partial charge is 0.268 e. The summed E-state index contributed by atoms with van der Waals surface area (Å²) in [5.74, 6) is -0.0925. The van der Waals surface area contributed by atoms with E-state index in [0.717, 1.165) is 22.2 Å². The van der Waals surface area contributed by atoms with E-state index in [1.807, 2.05) is 5.38 Å². The average Bonchev–Trinajstić information content (AvgIpc) is 3.08. The highest BCUT2D eigenvalue weighted by atomic mass is 32.2. The lowest BCUT2D eigenvalue weighted by molar-refractivity contribution is 0.0848. The van der Waals surface area contributed by atoms with E-state index in [1.54, 1.807) is 35.6 Å². The monoisotopic (exact) mass is 376 g/mol. The highest BCUT2D eigenvalue weighted by molar-refractivity contribution is 7.89. The summed E-state index contributed by atoms with van der Waals surface area (Å²) < 4.78 is 26.1. The van der Waals surface area contributed by atoms with Crippen LogP contribution in [0.25, 0.3) is 0 Å². The van der Waals surface area contributed by atoms with Gasteiger partial charge in [0, 0.05) is 16.9 Å². The zero-order valence-corrected chi connectivity index (χ0v) is 15.5. The Kier molecular flexibility index (Phi) is 4.37. The Hall–Kier alpha value is -1.73. The fourth-order valence-electron chi connectivity index (χ4n) is 3.64. The maximum absolute atomic E-state index is 12.7. The number of rotatable bonds is 3. The Morgan fingerprint density at radius 2 is 1.92 bits per heavy atom. The Bertz CT molecular complexity index is 899. The Balaban J connectivity index is 1.58. The van der Waals surface area contributed by atoms with Crippen molar-refractivity contribution in [2.75, 3.05) is 0 Å². The van der Waals surface area contributed by atoms with Crippen molar-refractivity contribution in [3.05, 3.63) is 51.5 Å². The highest BCUT2D eigenvalue weighted by Crippen LogP contribution is 2.35. The summed E-state index contributed by atoms with van der Waals surface area (Å²) >= 11 is 1.59. The van der Waals surface area contributed by atoms with Crippen molar-refractivity contribution in [3.63, 3.8) is 0 Å². The molecule has 0 unspecified atom stereocenters. The van der Waals surface area contributed by atoms with Crippen molar-refractivity contribution in [2.24, 2.45) is 0 Å². The number of hydrogen-bond acceptors (Lipinski definition) is 5. The van der Waals surface area contributed by atoms with Gasteiger partial charge < -0.3 is 0 Å². The second-order valence-corrected chi connectivity index (χ2v) is 9.52. The van der Waals surface area contributed by atoms with E-state index in [4.69, 9.17) is 0 Å². The van der Waals surface area contributed by atoms with E-state index in [-0.39, 0.29) is 12.3 Å². The van der Waals surface area contributed by atoms with E-state index < -0.39 is 15.9 Å². The van der Waals surface area contributed by atoms with Crippen molar-refractivity contribution >= 4 is 27.3 Å². The molecule has 0 bridgehead atoms. The number of nitrogens with zero attached hydrogens (tertiary/aromatic N) is 2. The third-order valence-corrected chi connectivity index (χ3v) is 7.68. The Morgan fingerprint density at radius 3 is 2.72 bits per heavy atom.